The van der Waals surface area contributed by atoms with Crippen molar-refractivity contribution in [3.63, 3.8) is 0 Å². The minimum Gasteiger partial charge on any atom is -0.322 e. The molecule has 0 radical (unpaired) electrons. The van der Waals surface area contributed by atoms with E-state index in [4.69, 9.17) is 5.73 Å². The van der Waals surface area contributed by atoms with Crippen molar-refractivity contribution < 1.29 is 4.39 Å². The fraction of sp³-hybridized carbons (Fsp3) is 0.200. The third-order valence-corrected chi connectivity index (χ3v) is 3.41. The fourth-order valence-electron chi connectivity index (χ4n) is 2.48. The molecule has 2 aromatic rings. The van der Waals surface area contributed by atoms with Crippen LogP contribution in [0.1, 0.15) is 22.7 Å². The van der Waals surface area contributed by atoms with Gasteiger partial charge in [0.1, 0.15) is 6.67 Å². The first-order chi connectivity index (χ1) is 8.29. The lowest BCUT2D eigenvalue weighted by atomic mass is 10.0. The van der Waals surface area contributed by atoms with E-state index in [1.54, 1.807) is 0 Å². The van der Waals surface area contributed by atoms with Crippen LogP contribution in [-0.4, -0.2) is 6.67 Å². The fourth-order valence-corrected chi connectivity index (χ4v) is 2.48. The average molecular weight is 264 g/mol. The summed E-state index contributed by atoms with van der Waals surface area (Å²) in [5.41, 5.74) is 11.8. The quantitative estimate of drug-likeness (QED) is 0.750. The first-order valence-electron chi connectivity index (χ1n) is 5.82. The van der Waals surface area contributed by atoms with E-state index in [1.165, 1.54) is 22.3 Å². The lowest BCUT2D eigenvalue weighted by Crippen LogP contribution is -2.12. The van der Waals surface area contributed by atoms with Gasteiger partial charge in [0.2, 0.25) is 0 Å². The van der Waals surface area contributed by atoms with Gasteiger partial charge < -0.3 is 5.73 Å². The monoisotopic (exact) mass is 263 g/mol. The zero-order chi connectivity index (χ0) is 11.8. The third-order valence-electron chi connectivity index (χ3n) is 3.41. The standard InChI is InChI=1S/C15H14FN.ClH/c16-9-15(17)11-5-6-14-12(8-11)7-10-3-1-2-4-13(10)14;/h1-6,8,15H,7,9,17H2;1H/t15-;/m0./s1. The van der Waals surface area contributed by atoms with Gasteiger partial charge >= 0.3 is 0 Å². The second-order valence-corrected chi connectivity index (χ2v) is 4.51. The zero-order valence-electron chi connectivity index (χ0n) is 9.90. The normalized spacial score (nSPS) is 13.4. The lowest BCUT2D eigenvalue weighted by molar-refractivity contribution is 0.437. The Hall–Kier alpha value is -1.38. The first kappa shape index (κ1) is 13.1. The molecular formula is C15H15ClFN. The van der Waals surface area contributed by atoms with Crippen LogP contribution in [0.2, 0.25) is 0 Å². The molecule has 94 valence electrons. The molecule has 0 amide bonds. The highest BCUT2D eigenvalue weighted by molar-refractivity contribution is 5.85. The van der Waals surface area contributed by atoms with Crippen molar-refractivity contribution in [3.8, 4) is 11.1 Å². The topological polar surface area (TPSA) is 26.0 Å². The Morgan fingerprint density at radius 3 is 2.56 bits per heavy atom. The number of rotatable bonds is 2. The summed E-state index contributed by atoms with van der Waals surface area (Å²) in [5.74, 6) is 0. The van der Waals surface area contributed by atoms with Crippen LogP contribution >= 0.6 is 12.4 Å². The zero-order valence-corrected chi connectivity index (χ0v) is 10.7. The second kappa shape index (κ2) is 5.09. The molecule has 0 bridgehead atoms. The van der Waals surface area contributed by atoms with Crippen LogP contribution in [0.25, 0.3) is 11.1 Å². The van der Waals surface area contributed by atoms with E-state index in [1.807, 2.05) is 12.1 Å². The summed E-state index contributed by atoms with van der Waals surface area (Å²) in [6.07, 6.45) is 0.929. The van der Waals surface area contributed by atoms with Crippen molar-refractivity contribution in [2.75, 3.05) is 6.67 Å². The molecule has 1 aliphatic carbocycles. The Kier molecular flexibility index (Phi) is 3.69. The van der Waals surface area contributed by atoms with Crippen molar-refractivity contribution in [1.82, 2.24) is 0 Å². The highest BCUT2D eigenvalue weighted by Crippen LogP contribution is 2.37. The average Bonchev–Trinajstić information content (AvgIpc) is 2.75. The molecule has 1 atom stereocenters. The van der Waals surface area contributed by atoms with Gasteiger partial charge in [-0.2, -0.15) is 0 Å². The van der Waals surface area contributed by atoms with Crippen molar-refractivity contribution in [1.29, 1.82) is 0 Å². The molecule has 1 nitrogen and oxygen atoms in total. The lowest BCUT2D eigenvalue weighted by Gasteiger charge is -2.09. The van der Waals surface area contributed by atoms with Gasteiger partial charge in [-0.3, -0.25) is 0 Å². The van der Waals surface area contributed by atoms with Gasteiger partial charge in [-0.1, -0.05) is 42.5 Å². The Balaban J connectivity index is 0.00000120. The van der Waals surface area contributed by atoms with Gasteiger partial charge in [0.15, 0.2) is 0 Å². The number of alkyl halides is 1. The van der Waals surface area contributed by atoms with Crippen LogP contribution in [-0.2, 0) is 6.42 Å². The number of benzene rings is 2. The maximum atomic E-state index is 12.6. The smallest absolute Gasteiger partial charge is 0.109 e. The van der Waals surface area contributed by atoms with Crippen molar-refractivity contribution in [2.45, 2.75) is 12.5 Å². The number of hydrogen-bond donors (Lipinski definition) is 1. The summed E-state index contributed by atoms with van der Waals surface area (Å²) in [6.45, 7) is -0.508. The molecule has 1 aliphatic rings. The highest BCUT2D eigenvalue weighted by atomic mass is 35.5. The first-order valence-corrected chi connectivity index (χ1v) is 5.82. The molecular weight excluding hydrogens is 249 g/mol. The number of fused-ring (bicyclic) bond motifs is 3. The van der Waals surface area contributed by atoms with Crippen molar-refractivity contribution in [2.24, 2.45) is 5.73 Å². The minimum atomic E-state index is -0.508. The molecule has 0 saturated heterocycles. The van der Waals surface area contributed by atoms with E-state index in [-0.39, 0.29) is 12.4 Å². The summed E-state index contributed by atoms with van der Waals surface area (Å²) >= 11 is 0. The van der Waals surface area contributed by atoms with Crippen LogP contribution in [0.5, 0.6) is 0 Å². The Bertz CT molecular complexity index is 568. The van der Waals surface area contributed by atoms with Crippen molar-refractivity contribution >= 4 is 12.4 Å². The van der Waals surface area contributed by atoms with Crippen LogP contribution < -0.4 is 5.73 Å². The minimum absolute atomic E-state index is 0. The molecule has 0 fully saturated rings. The summed E-state index contributed by atoms with van der Waals surface area (Å²) in [5, 5.41) is 0. The summed E-state index contributed by atoms with van der Waals surface area (Å²) < 4.78 is 12.6. The Morgan fingerprint density at radius 2 is 1.78 bits per heavy atom. The molecule has 2 N–H and O–H groups in total. The molecule has 0 aromatic heterocycles. The maximum Gasteiger partial charge on any atom is 0.109 e. The predicted molar refractivity (Wildman–Crippen MR) is 74.8 cm³/mol. The van der Waals surface area contributed by atoms with Gasteiger partial charge in [-0.25, -0.2) is 4.39 Å². The number of hydrogen-bond acceptors (Lipinski definition) is 1. The number of halogens is 2. The molecule has 3 rings (SSSR count). The second-order valence-electron chi connectivity index (χ2n) is 4.51. The van der Waals surface area contributed by atoms with E-state index >= 15 is 0 Å². The van der Waals surface area contributed by atoms with Crippen LogP contribution in [0.15, 0.2) is 42.5 Å². The molecule has 0 aliphatic heterocycles. The van der Waals surface area contributed by atoms with Crippen LogP contribution in [0.3, 0.4) is 0 Å². The van der Waals surface area contributed by atoms with E-state index < -0.39 is 12.7 Å². The van der Waals surface area contributed by atoms with Crippen molar-refractivity contribution in [3.05, 3.63) is 59.2 Å². The molecule has 2 aromatic carbocycles. The van der Waals surface area contributed by atoms with E-state index in [2.05, 4.69) is 30.3 Å². The van der Waals surface area contributed by atoms with E-state index in [0.717, 1.165) is 12.0 Å². The van der Waals surface area contributed by atoms with E-state index in [0.29, 0.717) is 0 Å². The van der Waals surface area contributed by atoms with Gasteiger partial charge in [0.25, 0.3) is 0 Å². The molecule has 0 spiro atoms. The Morgan fingerprint density at radius 1 is 1.06 bits per heavy atom. The summed E-state index contributed by atoms with van der Waals surface area (Å²) in [7, 11) is 0. The molecule has 0 saturated carbocycles. The predicted octanol–water partition coefficient (Wildman–Crippen LogP) is 3.65. The molecule has 18 heavy (non-hydrogen) atoms. The number of nitrogens with two attached hydrogens (primary N) is 1. The van der Waals surface area contributed by atoms with Gasteiger partial charge in [0, 0.05) is 0 Å². The SMILES string of the molecule is Cl.N[C@@H](CF)c1ccc2c(c1)Cc1ccccc1-2. The van der Waals surface area contributed by atoms with Gasteiger partial charge in [-0.15, -0.1) is 12.4 Å². The Labute approximate surface area is 112 Å². The maximum absolute atomic E-state index is 12.6. The molecule has 0 unspecified atom stereocenters. The van der Waals surface area contributed by atoms with Crippen LogP contribution in [0.4, 0.5) is 4.39 Å². The molecule has 3 heteroatoms. The highest BCUT2D eigenvalue weighted by Gasteiger charge is 2.18. The van der Waals surface area contributed by atoms with Gasteiger partial charge in [0.05, 0.1) is 6.04 Å². The third kappa shape index (κ3) is 2.02. The van der Waals surface area contributed by atoms with Crippen LogP contribution in [0, 0.1) is 0 Å². The van der Waals surface area contributed by atoms with E-state index in [9.17, 15) is 4.39 Å². The summed E-state index contributed by atoms with van der Waals surface area (Å²) in [6, 6.07) is 13.9. The summed E-state index contributed by atoms with van der Waals surface area (Å²) in [4.78, 5) is 0. The largest absolute Gasteiger partial charge is 0.322 e. The molecule has 0 heterocycles. The van der Waals surface area contributed by atoms with Gasteiger partial charge in [-0.05, 0) is 34.2 Å².